The van der Waals surface area contributed by atoms with Gasteiger partial charge in [0.2, 0.25) is 0 Å². The summed E-state index contributed by atoms with van der Waals surface area (Å²) >= 11 is 2.64. The minimum absolute atomic E-state index is 0.356. The van der Waals surface area contributed by atoms with Crippen LogP contribution in [0.25, 0.3) is 0 Å². The maximum Gasteiger partial charge on any atom is 0.324 e. The Morgan fingerprint density at radius 2 is 1.73 bits per heavy atom. The fraction of sp³-hybridized carbons (Fsp3) is 0.857. The lowest BCUT2D eigenvalue weighted by Gasteiger charge is -2.34. The Bertz CT molecular complexity index is 160. The molecule has 0 aromatic rings. The Balaban J connectivity index is 4.59. The summed E-state index contributed by atoms with van der Waals surface area (Å²) in [4.78, 5) is 11.1. The monoisotopic (exact) mass is 223 g/mol. The van der Waals surface area contributed by atoms with E-state index in [2.05, 4.69) is 20.1 Å². The normalized spacial score (nSPS) is 12.9. The van der Waals surface area contributed by atoms with E-state index in [0.29, 0.717) is 0 Å². The molecule has 0 rings (SSSR count). The number of nitrogens with two attached hydrogens (primary N) is 1. The van der Waals surface area contributed by atoms with Gasteiger partial charge in [-0.15, -0.1) is 0 Å². The van der Waals surface area contributed by atoms with E-state index in [9.17, 15) is 4.79 Å². The number of rotatable bonds is 2. The first-order valence-electron chi connectivity index (χ1n) is 3.35. The molecule has 0 radical (unpaired) electrons. The van der Waals surface area contributed by atoms with Crippen LogP contribution < -0.4 is 5.73 Å². The zero-order chi connectivity index (χ0) is 9.28. The van der Waals surface area contributed by atoms with Gasteiger partial charge in [-0.05, 0) is 27.7 Å². The Morgan fingerprint density at radius 1 is 1.36 bits per heavy atom. The van der Waals surface area contributed by atoms with Crippen LogP contribution in [0, 0.1) is 5.41 Å². The molecule has 0 fully saturated rings. The average molecular weight is 224 g/mol. The van der Waals surface area contributed by atoms with Gasteiger partial charge in [0.25, 0.3) is 0 Å². The fourth-order valence-electron chi connectivity index (χ4n) is 0.359. The molecule has 0 heterocycles. The Hall–Kier alpha value is -0.0900. The lowest BCUT2D eigenvalue weighted by Crippen LogP contribution is -2.51. The van der Waals surface area contributed by atoms with Gasteiger partial charge in [0, 0.05) is 5.54 Å². The SMILES string of the molecule is CC(C)(N)C(C)(C)C(=O)OBr. The molecule has 0 aliphatic heterocycles. The van der Waals surface area contributed by atoms with Crippen molar-refractivity contribution in [2.24, 2.45) is 11.1 Å². The second-order valence-corrected chi connectivity index (χ2v) is 4.04. The molecule has 0 aliphatic carbocycles. The Morgan fingerprint density at radius 3 is 1.82 bits per heavy atom. The second-order valence-electron chi connectivity index (χ2n) is 3.71. The summed E-state index contributed by atoms with van der Waals surface area (Å²) in [5.74, 6) is -0.356. The van der Waals surface area contributed by atoms with Gasteiger partial charge in [-0.1, -0.05) is 0 Å². The topological polar surface area (TPSA) is 52.3 Å². The van der Waals surface area contributed by atoms with E-state index in [1.165, 1.54) is 0 Å². The van der Waals surface area contributed by atoms with Crippen molar-refractivity contribution in [3.63, 3.8) is 0 Å². The predicted octanol–water partition coefficient (Wildman–Crippen LogP) is 1.60. The molecular formula is C7H14BrNO2. The molecule has 3 nitrogen and oxygen atoms in total. The third kappa shape index (κ3) is 2.17. The Kier molecular flexibility index (Phi) is 3.08. The van der Waals surface area contributed by atoms with E-state index in [4.69, 9.17) is 5.73 Å². The highest BCUT2D eigenvalue weighted by Crippen LogP contribution is 2.30. The third-order valence-corrected chi connectivity index (χ3v) is 2.49. The van der Waals surface area contributed by atoms with Crippen molar-refractivity contribution in [3.05, 3.63) is 0 Å². The van der Waals surface area contributed by atoms with Crippen molar-refractivity contribution < 1.29 is 8.62 Å². The van der Waals surface area contributed by atoms with E-state index in [1.807, 2.05) is 0 Å². The highest BCUT2D eigenvalue weighted by Gasteiger charge is 2.41. The quantitative estimate of drug-likeness (QED) is 0.775. The summed E-state index contributed by atoms with van der Waals surface area (Å²) in [6, 6.07) is 0. The number of carbonyl (C=O) groups is 1. The van der Waals surface area contributed by atoms with Gasteiger partial charge in [-0.2, -0.15) is 0 Å². The van der Waals surface area contributed by atoms with Crippen molar-refractivity contribution in [3.8, 4) is 0 Å². The molecule has 0 atom stereocenters. The van der Waals surface area contributed by atoms with Gasteiger partial charge in [0.15, 0.2) is 16.3 Å². The molecule has 2 N–H and O–H groups in total. The van der Waals surface area contributed by atoms with Gasteiger partial charge in [-0.25, -0.2) is 0 Å². The molecule has 0 aliphatic rings. The van der Waals surface area contributed by atoms with Crippen LogP contribution in [0.3, 0.4) is 0 Å². The minimum atomic E-state index is -0.684. The van der Waals surface area contributed by atoms with Crippen molar-refractivity contribution in [2.75, 3.05) is 0 Å². The molecule has 66 valence electrons. The molecule has 0 aromatic heterocycles. The van der Waals surface area contributed by atoms with Gasteiger partial charge < -0.3 is 9.56 Å². The lowest BCUT2D eigenvalue weighted by molar-refractivity contribution is -0.144. The number of carbonyl (C=O) groups excluding carboxylic acids is 1. The van der Waals surface area contributed by atoms with E-state index in [1.54, 1.807) is 27.7 Å². The second kappa shape index (κ2) is 3.11. The van der Waals surface area contributed by atoms with Crippen molar-refractivity contribution in [2.45, 2.75) is 33.2 Å². The van der Waals surface area contributed by atoms with Gasteiger partial charge in [0.05, 0.1) is 5.41 Å². The number of hydrogen-bond acceptors (Lipinski definition) is 3. The fourth-order valence-corrected chi connectivity index (χ4v) is 0.764. The smallest absolute Gasteiger partial charge is 0.324 e. The van der Waals surface area contributed by atoms with Gasteiger partial charge >= 0.3 is 5.97 Å². The van der Waals surface area contributed by atoms with Crippen LogP contribution in [0.5, 0.6) is 0 Å². The molecule has 0 spiro atoms. The van der Waals surface area contributed by atoms with E-state index in [0.717, 1.165) is 0 Å². The summed E-state index contributed by atoms with van der Waals surface area (Å²) in [5, 5.41) is 0. The van der Waals surface area contributed by atoms with E-state index in [-0.39, 0.29) is 5.97 Å². The molecule has 0 amide bonds. The van der Waals surface area contributed by atoms with Crippen LogP contribution >= 0.6 is 16.3 Å². The summed E-state index contributed by atoms with van der Waals surface area (Å²) in [6.07, 6.45) is 0. The molecule has 0 aromatic carbocycles. The third-order valence-electron chi connectivity index (χ3n) is 2.19. The first-order chi connectivity index (χ1) is 4.73. The molecular weight excluding hydrogens is 210 g/mol. The van der Waals surface area contributed by atoms with Gasteiger partial charge in [-0.3, -0.25) is 4.79 Å². The average Bonchev–Trinajstić information content (AvgIpc) is 1.83. The predicted molar refractivity (Wildman–Crippen MR) is 47.1 cm³/mol. The highest BCUT2D eigenvalue weighted by molar-refractivity contribution is 9.06. The molecule has 0 saturated heterocycles. The minimum Gasteiger partial charge on any atom is -0.383 e. The first kappa shape index (κ1) is 10.9. The molecule has 0 saturated carbocycles. The zero-order valence-electron chi connectivity index (χ0n) is 7.27. The molecule has 11 heavy (non-hydrogen) atoms. The van der Waals surface area contributed by atoms with Crippen molar-refractivity contribution >= 4 is 22.2 Å². The number of halogens is 1. The van der Waals surface area contributed by atoms with Crippen LogP contribution in [-0.4, -0.2) is 11.5 Å². The van der Waals surface area contributed by atoms with E-state index >= 15 is 0 Å². The highest BCUT2D eigenvalue weighted by atomic mass is 79.9. The summed E-state index contributed by atoms with van der Waals surface area (Å²) < 4.78 is 4.44. The molecule has 0 unspecified atom stereocenters. The Labute approximate surface area is 75.7 Å². The summed E-state index contributed by atoms with van der Waals surface area (Å²) in [5.41, 5.74) is 4.50. The molecule has 4 heteroatoms. The van der Waals surface area contributed by atoms with Crippen LogP contribution in [-0.2, 0) is 8.62 Å². The van der Waals surface area contributed by atoms with Crippen molar-refractivity contribution in [1.82, 2.24) is 0 Å². The largest absolute Gasteiger partial charge is 0.383 e. The van der Waals surface area contributed by atoms with Crippen LogP contribution in [0.2, 0.25) is 0 Å². The first-order valence-corrected chi connectivity index (χ1v) is 4.00. The van der Waals surface area contributed by atoms with Gasteiger partial charge in [0.1, 0.15) is 0 Å². The van der Waals surface area contributed by atoms with Crippen LogP contribution in [0.4, 0.5) is 0 Å². The molecule has 0 bridgehead atoms. The lowest BCUT2D eigenvalue weighted by atomic mass is 9.75. The summed E-state index contributed by atoms with van der Waals surface area (Å²) in [6.45, 7) is 7.07. The maximum absolute atomic E-state index is 11.1. The van der Waals surface area contributed by atoms with E-state index < -0.39 is 11.0 Å². The number of hydrogen-bond donors (Lipinski definition) is 1. The standard InChI is InChI=1S/C7H14BrNO2/c1-6(2,5(10)11-8)7(3,4)9/h9H2,1-4H3. The maximum atomic E-state index is 11.1. The zero-order valence-corrected chi connectivity index (χ0v) is 8.86. The van der Waals surface area contributed by atoms with Crippen molar-refractivity contribution in [1.29, 1.82) is 0 Å². The van der Waals surface area contributed by atoms with Crippen LogP contribution in [0.1, 0.15) is 27.7 Å². The van der Waals surface area contributed by atoms with Crippen LogP contribution in [0.15, 0.2) is 0 Å². The summed E-state index contributed by atoms with van der Waals surface area (Å²) in [7, 11) is 0.